The summed E-state index contributed by atoms with van der Waals surface area (Å²) >= 11 is 1.45. The van der Waals surface area contributed by atoms with E-state index in [4.69, 9.17) is 24.3 Å². The number of benzene rings is 2. The summed E-state index contributed by atoms with van der Waals surface area (Å²) in [6, 6.07) is 13.4. The lowest BCUT2D eigenvalue weighted by atomic mass is 9.69. The highest BCUT2D eigenvalue weighted by atomic mass is 32.1. The van der Waals surface area contributed by atoms with Gasteiger partial charge in [-0.3, -0.25) is 9.48 Å². The van der Waals surface area contributed by atoms with Gasteiger partial charge in [-0.2, -0.15) is 5.10 Å². The maximum atomic E-state index is 13.8. The van der Waals surface area contributed by atoms with E-state index >= 15 is 0 Å². The minimum atomic E-state index is -0.180. The second-order valence-corrected chi connectivity index (χ2v) is 12.8. The van der Waals surface area contributed by atoms with Crippen molar-refractivity contribution in [3.8, 4) is 34.2 Å². The predicted octanol–water partition coefficient (Wildman–Crippen LogP) is 7.10. The fraction of sp³-hybridized carbons (Fsp3) is 0.441. The van der Waals surface area contributed by atoms with Gasteiger partial charge < -0.3 is 14.2 Å². The highest BCUT2D eigenvalue weighted by Crippen LogP contribution is 2.42. The largest absolute Gasteiger partial charge is 0.493 e. The lowest BCUT2D eigenvalue weighted by Gasteiger charge is -2.36. The molecule has 0 unspecified atom stereocenters. The van der Waals surface area contributed by atoms with E-state index in [0.29, 0.717) is 39.1 Å². The first-order valence-electron chi connectivity index (χ1n) is 15.1. The average Bonchev–Trinajstić information content (AvgIpc) is 3.53. The van der Waals surface area contributed by atoms with Crippen LogP contribution in [0.4, 0.5) is 5.69 Å². The normalized spacial score (nSPS) is 15.9. The van der Waals surface area contributed by atoms with Gasteiger partial charge in [0.2, 0.25) is 10.6 Å². The minimum absolute atomic E-state index is 0.180. The number of thiazole rings is 1. The summed E-state index contributed by atoms with van der Waals surface area (Å²) in [6.45, 7) is 8.94. The Balaban J connectivity index is 1.68. The third-order valence-corrected chi connectivity index (χ3v) is 10.0. The number of hydrogen-bond donors (Lipinski definition) is 0. The van der Waals surface area contributed by atoms with Crippen molar-refractivity contribution in [3.63, 3.8) is 0 Å². The van der Waals surface area contributed by atoms with Crippen LogP contribution in [-0.4, -0.2) is 41.1 Å². The molecule has 0 aliphatic heterocycles. The minimum Gasteiger partial charge on any atom is -0.493 e. The van der Waals surface area contributed by atoms with Gasteiger partial charge >= 0.3 is 0 Å². The molecule has 2 heterocycles. The molecule has 44 heavy (non-hydrogen) atoms. The van der Waals surface area contributed by atoms with Crippen molar-refractivity contribution in [3.05, 3.63) is 68.7 Å². The average molecular weight is 618 g/mol. The maximum Gasteiger partial charge on any atom is 0.297 e. The standard InChI is InChI=1S/C34H43N5O4S/c1-9-34(3,4)24-15-17-25(18-16-24)36-38-27(23-19-28(41-6)31(43-8)29(20-23)42-7)21-44-33(38)35-30-22(2)37(5)39(32(30)40)26-13-11-10-12-14-26/h10-14,19-21,24H,9,15-18H2,1-8H3. The Hall–Kier alpha value is -4.05. The number of hydrogen-bond acceptors (Lipinski definition) is 7. The molecule has 0 bridgehead atoms. The topological polar surface area (TPSA) is 84.3 Å². The van der Waals surface area contributed by atoms with Gasteiger partial charge in [0, 0.05) is 23.7 Å². The van der Waals surface area contributed by atoms with Crippen molar-refractivity contribution in [1.29, 1.82) is 0 Å². The van der Waals surface area contributed by atoms with Gasteiger partial charge in [-0.05, 0) is 68.2 Å². The molecule has 0 spiro atoms. The second-order valence-electron chi connectivity index (χ2n) is 11.9. The molecule has 0 amide bonds. The Bertz CT molecular complexity index is 1760. The smallest absolute Gasteiger partial charge is 0.297 e. The van der Waals surface area contributed by atoms with Crippen molar-refractivity contribution < 1.29 is 14.2 Å². The molecule has 0 radical (unpaired) electrons. The summed E-state index contributed by atoms with van der Waals surface area (Å²) in [7, 11) is 6.68. The number of para-hydroxylation sites is 1. The van der Waals surface area contributed by atoms with E-state index < -0.39 is 0 Å². The van der Waals surface area contributed by atoms with Crippen LogP contribution in [0.2, 0.25) is 0 Å². The third kappa shape index (κ3) is 5.87. The van der Waals surface area contributed by atoms with Gasteiger partial charge in [0.1, 0.15) is 0 Å². The summed E-state index contributed by atoms with van der Waals surface area (Å²) in [5.74, 6) is 2.30. The number of rotatable bonds is 9. The molecule has 2 aromatic carbocycles. The second kappa shape index (κ2) is 12.9. The molecule has 4 aromatic rings. The molecule has 0 saturated heterocycles. The van der Waals surface area contributed by atoms with Crippen LogP contribution in [-0.2, 0) is 7.05 Å². The van der Waals surface area contributed by atoms with Crippen LogP contribution in [0, 0.1) is 18.3 Å². The molecule has 1 fully saturated rings. The van der Waals surface area contributed by atoms with E-state index in [9.17, 15) is 4.79 Å². The monoisotopic (exact) mass is 617 g/mol. The predicted molar refractivity (Wildman–Crippen MR) is 177 cm³/mol. The van der Waals surface area contributed by atoms with Crippen molar-refractivity contribution in [2.75, 3.05) is 21.3 Å². The van der Waals surface area contributed by atoms with Crippen LogP contribution in [0.15, 0.2) is 62.7 Å². The van der Waals surface area contributed by atoms with Gasteiger partial charge in [0.25, 0.3) is 5.56 Å². The van der Waals surface area contributed by atoms with Crippen LogP contribution in [0.1, 0.15) is 58.6 Å². The first-order valence-corrected chi connectivity index (χ1v) is 16.0. The lowest BCUT2D eigenvalue weighted by molar-refractivity contribution is 0.176. The fourth-order valence-corrected chi connectivity index (χ4v) is 6.78. The van der Waals surface area contributed by atoms with Crippen LogP contribution < -0.4 is 24.6 Å². The van der Waals surface area contributed by atoms with Crippen molar-refractivity contribution in [2.24, 2.45) is 28.5 Å². The molecular weight excluding hydrogens is 574 g/mol. The van der Waals surface area contributed by atoms with Gasteiger partial charge in [0.15, 0.2) is 17.2 Å². The van der Waals surface area contributed by atoms with Gasteiger partial charge in [-0.15, -0.1) is 11.3 Å². The summed E-state index contributed by atoms with van der Waals surface area (Å²) in [6.07, 6.45) is 5.23. The summed E-state index contributed by atoms with van der Waals surface area (Å²) in [5.41, 5.74) is 4.87. The molecule has 1 aliphatic carbocycles. The Morgan fingerprint density at radius 3 is 2.20 bits per heavy atom. The molecule has 0 N–H and O–H groups in total. The highest BCUT2D eigenvalue weighted by Gasteiger charge is 2.31. The lowest BCUT2D eigenvalue weighted by Crippen LogP contribution is -2.28. The van der Waals surface area contributed by atoms with Gasteiger partial charge in [0.05, 0.1) is 38.4 Å². The van der Waals surface area contributed by atoms with Crippen LogP contribution >= 0.6 is 11.3 Å². The Morgan fingerprint density at radius 1 is 1.00 bits per heavy atom. The van der Waals surface area contributed by atoms with E-state index in [1.54, 1.807) is 26.0 Å². The number of aromatic nitrogens is 3. The van der Waals surface area contributed by atoms with E-state index in [0.717, 1.165) is 60.5 Å². The Kier molecular flexibility index (Phi) is 9.20. The molecule has 0 atom stereocenters. The number of ether oxygens (including phenoxy) is 3. The van der Waals surface area contributed by atoms with Crippen LogP contribution in [0.5, 0.6) is 17.2 Å². The van der Waals surface area contributed by atoms with Crippen molar-refractivity contribution >= 4 is 22.7 Å². The molecule has 2 aromatic heterocycles. The van der Waals surface area contributed by atoms with E-state index in [1.165, 1.54) is 11.3 Å². The summed E-state index contributed by atoms with van der Waals surface area (Å²) < 4.78 is 22.3. The molecule has 1 saturated carbocycles. The quantitative estimate of drug-likeness (QED) is 0.201. The molecule has 9 nitrogen and oxygen atoms in total. The van der Waals surface area contributed by atoms with E-state index in [2.05, 4.69) is 20.8 Å². The maximum absolute atomic E-state index is 13.8. The zero-order valence-electron chi connectivity index (χ0n) is 27.0. The highest BCUT2D eigenvalue weighted by molar-refractivity contribution is 7.07. The van der Waals surface area contributed by atoms with E-state index in [1.807, 2.05) is 71.2 Å². The van der Waals surface area contributed by atoms with Crippen LogP contribution in [0.3, 0.4) is 0 Å². The molecule has 5 rings (SSSR count). The fourth-order valence-electron chi connectivity index (χ4n) is 5.94. The van der Waals surface area contributed by atoms with Gasteiger partial charge in [-0.25, -0.2) is 14.4 Å². The Labute approximate surface area is 263 Å². The zero-order valence-corrected chi connectivity index (χ0v) is 27.8. The molecule has 10 heteroatoms. The zero-order chi connectivity index (χ0) is 31.6. The summed E-state index contributed by atoms with van der Waals surface area (Å²) in [5, 5.41) is 7.23. The summed E-state index contributed by atoms with van der Waals surface area (Å²) in [4.78, 5) is 19.3. The van der Waals surface area contributed by atoms with Crippen molar-refractivity contribution in [2.45, 2.75) is 59.8 Å². The molecular formula is C34H43N5O4S. The van der Waals surface area contributed by atoms with E-state index in [-0.39, 0.29) is 5.56 Å². The van der Waals surface area contributed by atoms with Crippen molar-refractivity contribution in [1.82, 2.24) is 14.0 Å². The number of methoxy groups -OCH3 is 3. The first kappa shape index (κ1) is 31.4. The third-order valence-electron chi connectivity index (χ3n) is 9.20. The molecule has 1 aliphatic rings. The van der Waals surface area contributed by atoms with Crippen LogP contribution in [0.25, 0.3) is 16.9 Å². The van der Waals surface area contributed by atoms with Gasteiger partial charge in [-0.1, -0.05) is 45.4 Å². The SMILES string of the molecule is CCC(C)(C)C1CCC(=Nn2c(-c3cc(OC)c(OC)c(OC)c3)csc2=Nc2c(C)n(C)n(-c3ccccc3)c2=O)CC1. The first-order chi connectivity index (χ1) is 21.1. The Morgan fingerprint density at radius 2 is 1.64 bits per heavy atom. The molecule has 234 valence electrons. The number of nitrogens with zero attached hydrogens (tertiary/aromatic N) is 5.